The molecule has 0 bridgehead atoms. The molecule has 190 valence electrons. The fourth-order valence-electron chi connectivity index (χ4n) is 4.04. The third kappa shape index (κ3) is 5.41. The van der Waals surface area contributed by atoms with Crippen LogP contribution in [-0.4, -0.2) is 39.0 Å². The maximum atomic E-state index is 10.0. The van der Waals surface area contributed by atoms with Crippen LogP contribution in [0.5, 0.6) is 0 Å². The molecule has 0 radical (unpaired) electrons. The Morgan fingerprint density at radius 1 is 0.605 bits per heavy atom. The SMILES string of the molecule is CC(C)(C)c1ccc(Sc2nc3c(C#N)c(C#N)c4nc(Sc5ccc(C(C)(C)C)cc5)[se]c4c3[se]2)cc1. The topological polar surface area (TPSA) is 73.4 Å². The van der Waals surface area contributed by atoms with E-state index >= 15 is 0 Å². The second-order valence-corrected chi connectivity index (χ2v) is 18.5. The van der Waals surface area contributed by atoms with Crippen molar-refractivity contribution in [3.8, 4) is 12.1 Å². The predicted octanol–water partition coefficient (Wildman–Crippen LogP) is 7.54. The van der Waals surface area contributed by atoms with E-state index in [-0.39, 0.29) is 39.8 Å². The van der Waals surface area contributed by atoms with E-state index in [1.807, 2.05) is 0 Å². The fourth-order valence-corrected chi connectivity index (χ4v) is 12.0. The molecule has 0 saturated carbocycles. The van der Waals surface area contributed by atoms with Crippen molar-refractivity contribution >= 4 is 72.1 Å². The van der Waals surface area contributed by atoms with Gasteiger partial charge in [-0.15, -0.1) is 0 Å². The molecule has 4 nitrogen and oxygen atoms in total. The van der Waals surface area contributed by atoms with Gasteiger partial charge in [0.15, 0.2) is 0 Å². The Morgan fingerprint density at radius 2 is 0.947 bits per heavy atom. The van der Waals surface area contributed by atoms with E-state index in [0.29, 0.717) is 22.2 Å². The Balaban J connectivity index is 1.54. The molecule has 0 amide bonds. The normalized spacial score (nSPS) is 12.1. The number of nitrogens with zero attached hydrogens (tertiary/aromatic N) is 4. The van der Waals surface area contributed by atoms with Gasteiger partial charge in [0, 0.05) is 0 Å². The van der Waals surface area contributed by atoms with Gasteiger partial charge in [-0.1, -0.05) is 0 Å². The molecule has 0 fully saturated rings. The van der Waals surface area contributed by atoms with Crippen molar-refractivity contribution in [3.63, 3.8) is 0 Å². The van der Waals surface area contributed by atoms with Gasteiger partial charge in [0.2, 0.25) is 0 Å². The molecule has 3 aromatic carbocycles. The van der Waals surface area contributed by atoms with Crippen molar-refractivity contribution in [2.75, 3.05) is 0 Å². The molecule has 0 unspecified atom stereocenters. The molecule has 2 heterocycles. The van der Waals surface area contributed by atoms with E-state index in [0.717, 1.165) is 26.1 Å². The van der Waals surface area contributed by atoms with Crippen LogP contribution in [0, 0.1) is 22.7 Å². The number of hydrogen-bond acceptors (Lipinski definition) is 6. The summed E-state index contributed by atoms with van der Waals surface area (Å²) < 4.78 is 4.28. The third-order valence-electron chi connectivity index (χ3n) is 6.22. The first-order valence-corrected chi connectivity index (χ1v) is 17.2. The molecular weight excluding hydrogens is 638 g/mol. The number of fused-ring (bicyclic) bond motifs is 3. The van der Waals surface area contributed by atoms with Gasteiger partial charge in [-0.3, -0.25) is 0 Å². The van der Waals surface area contributed by atoms with Crippen LogP contribution in [0.4, 0.5) is 0 Å². The Morgan fingerprint density at radius 3 is 1.24 bits per heavy atom. The minimum absolute atomic E-state index is 0.0297. The zero-order valence-electron chi connectivity index (χ0n) is 22.0. The van der Waals surface area contributed by atoms with Gasteiger partial charge in [0.05, 0.1) is 0 Å². The van der Waals surface area contributed by atoms with E-state index in [1.54, 1.807) is 23.5 Å². The van der Waals surface area contributed by atoms with Gasteiger partial charge < -0.3 is 0 Å². The quantitative estimate of drug-likeness (QED) is 0.185. The Kier molecular flexibility index (Phi) is 7.44. The van der Waals surface area contributed by atoms with Crippen molar-refractivity contribution < 1.29 is 0 Å². The average molecular weight is 665 g/mol. The van der Waals surface area contributed by atoms with Gasteiger partial charge >= 0.3 is 245 Å². The van der Waals surface area contributed by atoms with Crippen molar-refractivity contribution in [2.24, 2.45) is 0 Å². The molecule has 0 atom stereocenters. The van der Waals surface area contributed by atoms with Gasteiger partial charge in [0.1, 0.15) is 0 Å². The number of aromatic nitrogens is 2. The second-order valence-electron chi connectivity index (χ2n) is 11.0. The first-order valence-electron chi connectivity index (χ1n) is 12.1. The van der Waals surface area contributed by atoms with Crippen molar-refractivity contribution in [2.45, 2.75) is 70.0 Å². The van der Waals surface area contributed by atoms with E-state index in [1.165, 1.54) is 11.1 Å². The molecule has 2 aromatic heterocycles. The van der Waals surface area contributed by atoms with Gasteiger partial charge in [0.25, 0.3) is 0 Å². The molecule has 0 spiro atoms. The number of hydrogen-bond donors (Lipinski definition) is 0. The van der Waals surface area contributed by atoms with Crippen LogP contribution in [0.1, 0.15) is 63.8 Å². The Bertz CT molecular complexity index is 1610. The summed E-state index contributed by atoms with van der Waals surface area (Å²) in [4.78, 5) is 12.1. The molecule has 0 aliphatic heterocycles. The van der Waals surface area contributed by atoms with Crippen LogP contribution in [0.15, 0.2) is 66.1 Å². The van der Waals surface area contributed by atoms with Gasteiger partial charge in [-0.2, -0.15) is 0 Å². The van der Waals surface area contributed by atoms with Crippen LogP contribution < -0.4 is 0 Å². The number of benzene rings is 3. The summed E-state index contributed by atoms with van der Waals surface area (Å²) in [5.41, 5.74) is 4.91. The molecule has 5 rings (SSSR count). The summed E-state index contributed by atoms with van der Waals surface area (Å²) >= 11 is 3.26. The summed E-state index contributed by atoms with van der Waals surface area (Å²) in [6, 6.07) is 21.9. The summed E-state index contributed by atoms with van der Waals surface area (Å²) in [6.45, 7) is 13.3. The summed E-state index contributed by atoms with van der Waals surface area (Å²) in [6.07, 6.45) is 0. The van der Waals surface area contributed by atoms with Crippen LogP contribution in [0.2, 0.25) is 0 Å². The molecule has 0 aliphatic rings. The Hall–Kier alpha value is -2.28. The molecule has 0 saturated heterocycles. The standard InChI is InChI=1S/C30H26N4S2Se2/c1-29(2,3)17-7-11-19(12-8-17)35-27-33-23-21(15-31)22(16-32)24-26(25(23)37-27)38-28(34-24)36-20-13-9-18(10-14-20)30(4,5)6/h7-14H,1-6H3. The molecule has 5 aromatic rings. The van der Waals surface area contributed by atoms with E-state index in [9.17, 15) is 10.5 Å². The predicted molar refractivity (Wildman–Crippen MR) is 159 cm³/mol. The van der Waals surface area contributed by atoms with E-state index < -0.39 is 0 Å². The average Bonchev–Trinajstić information content (AvgIpc) is 3.46. The van der Waals surface area contributed by atoms with Crippen LogP contribution in [0.25, 0.3) is 19.6 Å². The first-order chi connectivity index (χ1) is 18.0. The third-order valence-corrected chi connectivity index (χ3v) is 14.0. The van der Waals surface area contributed by atoms with E-state index in [4.69, 9.17) is 9.97 Å². The molecular formula is C30H26N4S2Se2. The summed E-state index contributed by atoms with van der Waals surface area (Å²) in [5, 5.41) is 20.0. The monoisotopic (exact) mass is 666 g/mol. The molecule has 0 aliphatic carbocycles. The van der Waals surface area contributed by atoms with E-state index in [2.05, 4.69) is 102 Å². The van der Waals surface area contributed by atoms with Crippen LogP contribution in [0.3, 0.4) is 0 Å². The first kappa shape index (κ1) is 27.3. The molecule has 0 N–H and O–H groups in total. The van der Waals surface area contributed by atoms with Crippen molar-refractivity contribution in [1.82, 2.24) is 9.97 Å². The fraction of sp³-hybridized carbons (Fsp3) is 0.267. The van der Waals surface area contributed by atoms with Crippen LogP contribution in [-0.2, 0) is 10.8 Å². The summed E-state index contributed by atoms with van der Waals surface area (Å²) in [7, 11) is 0. The van der Waals surface area contributed by atoms with Gasteiger partial charge in [-0.05, 0) is 0 Å². The zero-order chi connectivity index (χ0) is 27.2. The number of nitriles is 2. The zero-order valence-corrected chi connectivity index (χ0v) is 27.1. The Labute approximate surface area is 244 Å². The van der Waals surface area contributed by atoms with Gasteiger partial charge in [-0.25, -0.2) is 0 Å². The molecule has 8 heteroatoms. The maximum absolute atomic E-state index is 10.0. The molecule has 38 heavy (non-hydrogen) atoms. The van der Waals surface area contributed by atoms with Crippen LogP contribution >= 0.6 is 23.5 Å². The van der Waals surface area contributed by atoms with Crippen molar-refractivity contribution in [1.29, 1.82) is 10.5 Å². The minimum atomic E-state index is -0.0297. The summed E-state index contributed by atoms with van der Waals surface area (Å²) in [5.74, 6) is 0. The second kappa shape index (κ2) is 10.4. The van der Waals surface area contributed by atoms with Crippen molar-refractivity contribution in [3.05, 3.63) is 70.8 Å². The number of rotatable bonds is 4.